The van der Waals surface area contributed by atoms with E-state index in [1.54, 1.807) is 0 Å². The summed E-state index contributed by atoms with van der Waals surface area (Å²) in [6.45, 7) is 5.41. The van der Waals surface area contributed by atoms with E-state index in [1.165, 1.54) is 31.0 Å². The maximum Gasteiger partial charge on any atom is 0.457 e. The van der Waals surface area contributed by atoms with Crippen molar-refractivity contribution in [3.8, 4) is 0 Å². The Kier molecular flexibility index (Phi) is 8.97. The monoisotopic (exact) mass is 172 g/mol. The summed E-state index contributed by atoms with van der Waals surface area (Å²) in [6, 6.07) is 0. The molecular formula is C9H21AlO. The largest absolute Gasteiger partial charge is 0.501 e. The van der Waals surface area contributed by atoms with E-state index in [4.69, 9.17) is 3.79 Å². The van der Waals surface area contributed by atoms with Gasteiger partial charge in [0.25, 0.3) is 0 Å². The second-order valence-electron chi connectivity index (χ2n) is 3.18. The van der Waals surface area contributed by atoms with E-state index in [2.05, 4.69) is 19.6 Å². The predicted molar refractivity (Wildman–Crippen MR) is 52.2 cm³/mol. The number of unbranched alkanes of at least 4 members (excludes halogenated alkanes) is 2. The lowest BCUT2D eigenvalue weighted by Crippen LogP contribution is -2.13. The zero-order valence-corrected chi connectivity index (χ0v) is 9.38. The summed E-state index contributed by atoms with van der Waals surface area (Å²) in [5, 5.41) is 1.37. The molecule has 0 amide bonds. The highest BCUT2D eigenvalue weighted by atomic mass is 27.2. The van der Waals surface area contributed by atoms with Crippen LogP contribution in [-0.2, 0) is 3.79 Å². The van der Waals surface area contributed by atoms with Crippen LogP contribution in [0.3, 0.4) is 0 Å². The van der Waals surface area contributed by atoms with Gasteiger partial charge in [-0.3, -0.25) is 0 Å². The molecule has 11 heavy (non-hydrogen) atoms. The lowest BCUT2D eigenvalue weighted by atomic mass is 10.3. The fourth-order valence-corrected chi connectivity index (χ4v) is 2.75. The molecule has 0 aliphatic rings. The Morgan fingerprint density at radius 1 is 1.09 bits per heavy atom. The van der Waals surface area contributed by atoms with Crippen LogP contribution in [-0.4, -0.2) is 21.1 Å². The number of rotatable bonds is 7. The van der Waals surface area contributed by atoms with Crippen molar-refractivity contribution in [2.75, 3.05) is 6.61 Å². The summed E-state index contributed by atoms with van der Waals surface area (Å²) in [5.41, 5.74) is 0. The second kappa shape index (κ2) is 8.59. The van der Waals surface area contributed by atoms with Gasteiger partial charge < -0.3 is 3.79 Å². The van der Waals surface area contributed by atoms with E-state index >= 15 is 0 Å². The third-order valence-corrected chi connectivity index (χ3v) is 3.85. The molecule has 0 radical (unpaired) electrons. The first-order valence-corrected chi connectivity index (χ1v) is 7.37. The first-order chi connectivity index (χ1) is 5.31. The summed E-state index contributed by atoms with van der Waals surface area (Å²) in [6.07, 6.45) is 5.26. The van der Waals surface area contributed by atoms with Crippen molar-refractivity contribution < 1.29 is 3.79 Å². The van der Waals surface area contributed by atoms with E-state index in [0.717, 1.165) is 6.61 Å². The van der Waals surface area contributed by atoms with E-state index in [1.807, 2.05) is 0 Å². The van der Waals surface area contributed by atoms with Crippen molar-refractivity contribution in [3.63, 3.8) is 0 Å². The second-order valence-corrected chi connectivity index (χ2v) is 5.71. The van der Waals surface area contributed by atoms with Gasteiger partial charge in [0.05, 0.1) is 0 Å². The minimum atomic E-state index is -0.751. The predicted octanol–water partition coefficient (Wildman–Crippen LogP) is 3.22. The number of hydrogen-bond acceptors (Lipinski definition) is 1. The topological polar surface area (TPSA) is 9.23 Å². The lowest BCUT2D eigenvalue weighted by molar-refractivity contribution is 0.321. The van der Waals surface area contributed by atoms with Gasteiger partial charge in [-0.15, -0.1) is 0 Å². The molecule has 0 saturated carbocycles. The summed E-state index contributed by atoms with van der Waals surface area (Å²) >= 11 is -0.751. The van der Waals surface area contributed by atoms with Crippen LogP contribution in [0.4, 0.5) is 0 Å². The molecule has 0 unspecified atom stereocenters. The minimum Gasteiger partial charge on any atom is -0.501 e. The quantitative estimate of drug-likeness (QED) is 0.423. The molecule has 0 aromatic carbocycles. The van der Waals surface area contributed by atoms with Crippen LogP contribution in [0.5, 0.6) is 0 Å². The Bertz CT molecular complexity index is 76.0. The molecule has 0 aliphatic heterocycles. The molecule has 0 spiro atoms. The van der Waals surface area contributed by atoms with Crippen LogP contribution in [0, 0.1) is 0 Å². The van der Waals surface area contributed by atoms with E-state index in [9.17, 15) is 0 Å². The molecule has 0 rings (SSSR count). The fourth-order valence-electron chi connectivity index (χ4n) is 1.08. The first-order valence-electron chi connectivity index (χ1n) is 4.92. The van der Waals surface area contributed by atoms with Crippen LogP contribution in [0.15, 0.2) is 0 Å². The van der Waals surface area contributed by atoms with Gasteiger partial charge in [0.15, 0.2) is 0 Å². The Hall–Kier alpha value is 0.492. The van der Waals surface area contributed by atoms with Gasteiger partial charge >= 0.3 is 14.5 Å². The third-order valence-electron chi connectivity index (χ3n) is 1.82. The molecule has 0 fully saturated rings. The molecular weight excluding hydrogens is 151 g/mol. The van der Waals surface area contributed by atoms with Crippen LogP contribution in [0.25, 0.3) is 0 Å². The van der Waals surface area contributed by atoms with Gasteiger partial charge in [0.2, 0.25) is 0 Å². The highest BCUT2D eigenvalue weighted by Gasteiger charge is 2.10. The SMILES string of the molecule is CCCC[CH2][Al]([CH3])[O]CCC. The van der Waals surface area contributed by atoms with E-state index < -0.39 is 14.5 Å². The summed E-state index contributed by atoms with van der Waals surface area (Å²) in [4.78, 5) is 0. The molecule has 0 N–H and O–H groups in total. The number of hydrogen-bond donors (Lipinski definition) is 0. The summed E-state index contributed by atoms with van der Waals surface area (Å²) < 4.78 is 5.68. The Labute approximate surface area is 75.9 Å². The molecule has 2 heteroatoms. The maximum absolute atomic E-state index is 5.68. The third kappa shape index (κ3) is 8.40. The van der Waals surface area contributed by atoms with Crippen molar-refractivity contribution in [3.05, 3.63) is 0 Å². The smallest absolute Gasteiger partial charge is 0.457 e. The minimum absolute atomic E-state index is 0.751. The molecule has 0 aromatic heterocycles. The van der Waals surface area contributed by atoms with Crippen molar-refractivity contribution in [2.45, 2.75) is 50.6 Å². The zero-order valence-electron chi connectivity index (χ0n) is 8.23. The summed E-state index contributed by atoms with van der Waals surface area (Å²) in [7, 11) is 0. The highest BCUT2D eigenvalue weighted by Crippen LogP contribution is 2.04. The zero-order chi connectivity index (χ0) is 8.53. The van der Waals surface area contributed by atoms with Crippen LogP contribution in [0.2, 0.25) is 11.1 Å². The first kappa shape index (κ1) is 11.5. The van der Waals surface area contributed by atoms with Crippen molar-refractivity contribution in [1.29, 1.82) is 0 Å². The highest BCUT2D eigenvalue weighted by molar-refractivity contribution is 6.50. The van der Waals surface area contributed by atoms with Crippen molar-refractivity contribution in [1.82, 2.24) is 0 Å². The van der Waals surface area contributed by atoms with Gasteiger partial charge in [-0.1, -0.05) is 44.2 Å². The normalized spacial score (nSPS) is 10.1. The molecule has 0 aliphatic carbocycles. The van der Waals surface area contributed by atoms with E-state index in [0.29, 0.717) is 0 Å². The average Bonchev–Trinajstić information content (AvgIpc) is 2.01. The van der Waals surface area contributed by atoms with Crippen molar-refractivity contribution >= 4 is 14.5 Å². The molecule has 66 valence electrons. The molecule has 0 atom stereocenters. The standard InChI is InChI=1S/C5H11.C3H7O.CH3.Al/c1-3-5-4-2;1-2-3-4;;/h1,3-5H2,2H3;2-3H2,1H3;1H3;/q;-1;;+1. The molecule has 0 heterocycles. The van der Waals surface area contributed by atoms with Gasteiger partial charge in [-0.2, -0.15) is 0 Å². The summed E-state index contributed by atoms with van der Waals surface area (Å²) in [5.74, 6) is 2.31. The van der Waals surface area contributed by atoms with Gasteiger partial charge in [0, 0.05) is 6.61 Å². The maximum atomic E-state index is 5.68. The Balaban J connectivity index is 3.02. The van der Waals surface area contributed by atoms with Gasteiger partial charge in [0.1, 0.15) is 0 Å². The molecule has 0 saturated heterocycles. The van der Waals surface area contributed by atoms with Crippen molar-refractivity contribution in [2.24, 2.45) is 0 Å². The van der Waals surface area contributed by atoms with E-state index in [-0.39, 0.29) is 0 Å². The fraction of sp³-hybridized carbons (Fsp3) is 1.00. The average molecular weight is 172 g/mol. The van der Waals surface area contributed by atoms with Gasteiger partial charge in [-0.25, -0.2) is 0 Å². The Morgan fingerprint density at radius 2 is 1.82 bits per heavy atom. The molecule has 0 bridgehead atoms. The molecule has 1 nitrogen and oxygen atoms in total. The molecule has 0 aromatic rings. The Morgan fingerprint density at radius 3 is 2.36 bits per heavy atom. The lowest BCUT2D eigenvalue weighted by Gasteiger charge is -2.06. The van der Waals surface area contributed by atoms with Crippen LogP contribution >= 0.6 is 0 Å². The van der Waals surface area contributed by atoms with Crippen LogP contribution in [0.1, 0.15) is 39.5 Å². The van der Waals surface area contributed by atoms with Crippen LogP contribution < -0.4 is 0 Å². The van der Waals surface area contributed by atoms with Gasteiger partial charge in [-0.05, 0) is 6.42 Å².